The molecule has 2 amide bonds. The summed E-state index contributed by atoms with van der Waals surface area (Å²) in [6.45, 7) is 9.74. The van der Waals surface area contributed by atoms with E-state index in [9.17, 15) is 28.2 Å². The lowest BCUT2D eigenvalue weighted by Gasteiger charge is -2.30. The molecule has 3 aromatic rings. The molecule has 2 aromatic carbocycles. The number of rotatable bonds is 10. The first-order chi connectivity index (χ1) is 19.6. The van der Waals surface area contributed by atoms with E-state index in [1.807, 2.05) is 0 Å². The molecule has 10 nitrogen and oxygen atoms in total. The van der Waals surface area contributed by atoms with Crippen molar-refractivity contribution in [1.82, 2.24) is 19.9 Å². The second-order valence-corrected chi connectivity index (χ2v) is 14.9. The molecule has 0 aliphatic carbocycles. The van der Waals surface area contributed by atoms with Gasteiger partial charge in [0, 0.05) is 42.7 Å². The molecule has 1 fully saturated rings. The van der Waals surface area contributed by atoms with E-state index >= 15 is 0 Å². The molecule has 1 aromatic heterocycles. The number of amides is 2. The SMILES string of the molecule is CC1CCN(C(=O)c2nc(C(=O)NCC(C)(C)O)sc2-c2ccc(S(=O)(=O)NC(C)(C)CCO)c3ccccc23)CC1. The lowest BCUT2D eigenvalue weighted by molar-refractivity contribution is 0.0685. The molecule has 0 saturated carbocycles. The normalized spacial score (nSPS) is 15.3. The van der Waals surface area contributed by atoms with Crippen molar-refractivity contribution in [1.29, 1.82) is 0 Å². The molecule has 4 rings (SSSR count). The van der Waals surface area contributed by atoms with Gasteiger partial charge in [-0.1, -0.05) is 37.3 Å². The Kier molecular flexibility index (Phi) is 9.43. The Bertz CT molecular complexity index is 1570. The fraction of sp³-hybridized carbons (Fsp3) is 0.500. The van der Waals surface area contributed by atoms with Crippen LogP contribution >= 0.6 is 11.3 Å². The van der Waals surface area contributed by atoms with Crippen LogP contribution in [0.5, 0.6) is 0 Å². The first-order valence-corrected chi connectivity index (χ1v) is 16.4. The molecule has 0 spiro atoms. The second-order valence-electron chi connectivity index (χ2n) is 12.3. The molecule has 12 heteroatoms. The summed E-state index contributed by atoms with van der Waals surface area (Å²) in [6.07, 6.45) is 1.99. The number of piperidine rings is 1. The zero-order chi connectivity index (χ0) is 30.9. The number of thiazole rings is 1. The molecule has 4 N–H and O–H groups in total. The van der Waals surface area contributed by atoms with E-state index in [1.54, 1.807) is 62.9 Å². The van der Waals surface area contributed by atoms with Crippen LogP contribution in [0.1, 0.15) is 74.2 Å². The number of aliphatic hydroxyl groups excluding tert-OH is 1. The van der Waals surface area contributed by atoms with Gasteiger partial charge in [-0.2, -0.15) is 0 Å². The van der Waals surface area contributed by atoms with E-state index in [2.05, 4.69) is 21.9 Å². The number of carbonyl (C=O) groups is 2. The lowest BCUT2D eigenvalue weighted by atomic mass is 9.98. The molecule has 42 heavy (non-hydrogen) atoms. The van der Waals surface area contributed by atoms with E-state index in [1.165, 1.54) is 6.07 Å². The predicted molar refractivity (Wildman–Crippen MR) is 164 cm³/mol. The Morgan fingerprint density at radius 2 is 1.71 bits per heavy atom. The van der Waals surface area contributed by atoms with Crippen LogP contribution in [0, 0.1) is 5.92 Å². The maximum Gasteiger partial charge on any atom is 0.280 e. The highest BCUT2D eigenvalue weighted by Crippen LogP contribution is 2.39. The van der Waals surface area contributed by atoms with Crippen molar-refractivity contribution < 1.29 is 28.2 Å². The van der Waals surface area contributed by atoms with Gasteiger partial charge in [0.15, 0.2) is 5.01 Å². The number of aromatic nitrogens is 1. The Balaban J connectivity index is 1.83. The monoisotopic (exact) mass is 616 g/mol. The van der Waals surface area contributed by atoms with Crippen molar-refractivity contribution in [3.8, 4) is 10.4 Å². The van der Waals surface area contributed by atoms with E-state index in [-0.39, 0.29) is 41.1 Å². The van der Waals surface area contributed by atoms with Crippen molar-refractivity contribution in [2.45, 2.75) is 69.9 Å². The molecule has 0 bridgehead atoms. The zero-order valence-electron chi connectivity index (χ0n) is 24.7. The van der Waals surface area contributed by atoms with Gasteiger partial charge >= 0.3 is 0 Å². The minimum atomic E-state index is -3.98. The molecular formula is C30H40N4O6S2. The summed E-state index contributed by atoms with van der Waals surface area (Å²) < 4.78 is 29.7. The average molecular weight is 617 g/mol. The van der Waals surface area contributed by atoms with E-state index in [0.29, 0.717) is 40.2 Å². The summed E-state index contributed by atoms with van der Waals surface area (Å²) in [7, 11) is -3.98. The third-order valence-electron chi connectivity index (χ3n) is 7.34. The minimum Gasteiger partial charge on any atom is -0.396 e. The largest absolute Gasteiger partial charge is 0.396 e. The van der Waals surface area contributed by atoms with Gasteiger partial charge in [-0.15, -0.1) is 11.3 Å². The highest BCUT2D eigenvalue weighted by molar-refractivity contribution is 7.89. The second kappa shape index (κ2) is 12.4. The molecule has 0 atom stereocenters. The number of carbonyl (C=O) groups excluding carboxylic acids is 2. The van der Waals surface area contributed by atoms with Gasteiger partial charge in [0.1, 0.15) is 5.69 Å². The minimum absolute atomic E-state index is 0.00313. The quantitative estimate of drug-likeness (QED) is 0.271. The highest BCUT2D eigenvalue weighted by atomic mass is 32.2. The van der Waals surface area contributed by atoms with Crippen LogP contribution in [-0.2, 0) is 10.0 Å². The molecule has 1 aliphatic heterocycles. The fourth-order valence-corrected chi connectivity index (χ4v) is 7.60. The van der Waals surface area contributed by atoms with Crippen molar-refractivity contribution in [3.05, 3.63) is 47.1 Å². The van der Waals surface area contributed by atoms with Crippen molar-refractivity contribution >= 4 is 43.9 Å². The number of nitrogens with zero attached hydrogens (tertiary/aromatic N) is 2. The number of hydrogen-bond donors (Lipinski definition) is 4. The van der Waals surface area contributed by atoms with E-state index in [0.717, 1.165) is 24.2 Å². The highest BCUT2D eigenvalue weighted by Gasteiger charge is 2.31. The van der Waals surface area contributed by atoms with Crippen LogP contribution in [0.3, 0.4) is 0 Å². The topological polar surface area (TPSA) is 149 Å². The van der Waals surface area contributed by atoms with Gasteiger partial charge in [0.05, 0.1) is 15.4 Å². The van der Waals surface area contributed by atoms with Crippen molar-refractivity contribution in [2.75, 3.05) is 26.2 Å². The zero-order valence-corrected chi connectivity index (χ0v) is 26.4. The Labute approximate surface area is 251 Å². The van der Waals surface area contributed by atoms with Gasteiger partial charge < -0.3 is 20.4 Å². The fourth-order valence-electron chi connectivity index (χ4n) is 4.93. The first kappa shape index (κ1) is 32.0. The van der Waals surface area contributed by atoms with Crippen LogP contribution in [0.25, 0.3) is 21.2 Å². The Morgan fingerprint density at radius 3 is 2.33 bits per heavy atom. The molecule has 0 unspecified atom stereocenters. The van der Waals surface area contributed by atoms with Gasteiger partial charge in [0.25, 0.3) is 11.8 Å². The number of likely N-dealkylation sites (tertiary alicyclic amines) is 1. The number of nitrogens with one attached hydrogen (secondary N) is 2. The van der Waals surface area contributed by atoms with Gasteiger partial charge in [-0.25, -0.2) is 18.1 Å². The standard InChI is InChI=1S/C30H40N4O6S2/c1-19-12-15-34(16-13-19)28(37)24-25(41-27(32-24)26(36)31-18-30(4,5)38)22-10-11-23(21-9-7-6-8-20(21)22)42(39,40)33-29(2,3)14-17-35/h6-11,19,33,35,38H,12-18H2,1-5H3,(H,31,36). The smallest absolute Gasteiger partial charge is 0.280 e. The number of hydrogen-bond acceptors (Lipinski definition) is 8. The van der Waals surface area contributed by atoms with E-state index in [4.69, 9.17) is 0 Å². The summed E-state index contributed by atoms with van der Waals surface area (Å²) in [5.41, 5.74) is -1.27. The summed E-state index contributed by atoms with van der Waals surface area (Å²) in [5, 5.41) is 23.3. The van der Waals surface area contributed by atoms with Crippen LogP contribution in [0.15, 0.2) is 41.3 Å². The molecule has 1 aliphatic rings. The third-order valence-corrected chi connectivity index (χ3v) is 10.2. The summed E-state index contributed by atoms with van der Waals surface area (Å²) >= 11 is 1.06. The first-order valence-electron chi connectivity index (χ1n) is 14.1. The summed E-state index contributed by atoms with van der Waals surface area (Å²) in [6, 6.07) is 10.2. The maximum atomic E-state index is 13.8. The number of sulfonamides is 1. The van der Waals surface area contributed by atoms with Gasteiger partial charge in [0.2, 0.25) is 10.0 Å². The third kappa shape index (κ3) is 7.35. The number of benzene rings is 2. The predicted octanol–water partition coefficient (Wildman–Crippen LogP) is 3.78. The summed E-state index contributed by atoms with van der Waals surface area (Å²) in [5.74, 6) is -0.266. The van der Waals surface area contributed by atoms with Crippen LogP contribution in [0.2, 0.25) is 0 Å². The Morgan fingerprint density at radius 1 is 1.07 bits per heavy atom. The average Bonchev–Trinajstić information content (AvgIpc) is 3.35. The number of fused-ring (bicyclic) bond motifs is 1. The molecule has 0 radical (unpaired) electrons. The lowest BCUT2D eigenvalue weighted by Crippen LogP contribution is -2.43. The summed E-state index contributed by atoms with van der Waals surface area (Å²) in [4.78, 5) is 33.7. The van der Waals surface area contributed by atoms with Crippen LogP contribution in [0.4, 0.5) is 0 Å². The van der Waals surface area contributed by atoms with Crippen molar-refractivity contribution in [3.63, 3.8) is 0 Å². The van der Waals surface area contributed by atoms with Crippen LogP contribution < -0.4 is 10.0 Å². The maximum absolute atomic E-state index is 13.8. The molecular weight excluding hydrogens is 576 g/mol. The van der Waals surface area contributed by atoms with Gasteiger partial charge in [-0.05, 0) is 64.3 Å². The van der Waals surface area contributed by atoms with Crippen molar-refractivity contribution in [2.24, 2.45) is 5.92 Å². The molecule has 1 saturated heterocycles. The van der Waals surface area contributed by atoms with E-state index < -0.39 is 27.1 Å². The molecule has 228 valence electrons. The number of aliphatic hydroxyl groups is 2. The Hall–Kier alpha value is -2.90. The molecule has 2 heterocycles. The van der Waals surface area contributed by atoms with Gasteiger partial charge in [-0.3, -0.25) is 9.59 Å². The van der Waals surface area contributed by atoms with Crippen LogP contribution in [-0.4, -0.2) is 77.7 Å².